The number of aromatic nitrogens is 2. The zero-order valence-electron chi connectivity index (χ0n) is 10.8. The molecule has 0 saturated heterocycles. The van der Waals surface area contributed by atoms with Gasteiger partial charge in [-0.05, 0) is 25.1 Å². The summed E-state index contributed by atoms with van der Waals surface area (Å²) < 4.78 is 5.27. The summed E-state index contributed by atoms with van der Waals surface area (Å²) in [6.07, 6.45) is 3.31. The molecule has 0 spiro atoms. The van der Waals surface area contributed by atoms with Gasteiger partial charge >= 0.3 is 0 Å². The first kappa shape index (κ1) is 13.4. The van der Waals surface area contributed by atoms with Crippen LogP contribution in [0, 0.1) is 0 Å². The van der Waals surface area contributed by atoms with Crippen LogP contribution in [-0.2, 0) is 0 Å². The quantitative estimate of drug-likeness (QED) is 0.879. The summed E-state index contributed by atoms with van der Waals surface area (Å²) in [5.74, 6) is 2.03. The number of nitrogens with zero attached hydrogens (tertiary/aromatic N) is 2. The summed E-state index contributed by atoms with van der Waals surface area (Å²) in [5, 5.41) is 6.87. The molecule has 1 aromatic heterocycles. The van der Waals surface area contributed by atoms with E-state index in [0.29, 0.717) is 22.4 Å². The van der Waals surface area contributed by atoms with Gasteiger partial charge in [-0.25, -0.2) is 4.98 Å². The van der Waals surface area contributed by atoms with E-state index in [-0.39, 0.29) is 0 Å². The Kier molecular flexibility index (Phi) is 4.41. The summed E-state index contributed by atoms with van der Waals surface area (Å²) in [6, 6.07) is 5.35. The maximum absolute atomic E-state index is 5.98. The lowest BCUT2D eigenvalue weighted by atomic mass is 10.3. The van der Waals surface area contributed by atoms with E-state index in [4.69, 9.17) is 16.3 Å². The van der Waals surface area contributed by atoms with Gasteiger partial charge in [0.15, 0.2) is 5.82 Å². The highest BCUT2D eigenvalue weighted by Crippen LogP contribution is 2.29. The van der Waals surface area contributed by atoms with Gasteiger partial charge in [0.2, 0.25) is 0 Å². The van der Waals surface area contributed by atoms with E-state index in [2.05, 4.69) is 20.6 Å². The second kappa shape index (κ2) is 6.24. The molecule has 0 fully saturated rings. The van der Waals surface area contributed by atoms with E-state index < -0.39 is 0 Å². The highest BCUT2D eigenvalue weighted by Gasteiger charge is 2.05. The number of methoxy groups -OCH3 is 1. The number of anilines is 3. The highest BCUT2D eigenvalue weighted by atomic mass is 35.5. The van der Waals surface area contributed by atoms with Gasteiger partial charge in [-0.1, -0.05) is 11.6 Å². The van der Waals surface area contributed by atoms with Crippen LogP contribution < -0.4 is 15.4 Å². The Morgan fingerprint density at radius 1 is 1.26 bits per heavy atom. The molecule has 0 saturated carbocycles. The van der Waals surface area contributed by atoms with Gasteiger partial charge in [-0.2, -0.15) is 0 Å². The maximum atomic E-state index is 5.98. The summed E-state index contributed by atoms with van der Waals surface area (Å²) in [4.78, 5) is 8.50. The molecule has 0 amide bonds. The van der Waals surface area contributed by atoms with Crippen molar-refractivity contribution in [2.45, 2.75) is 6.92 Å². The third-order valence-corrected chi connectivity index (χ3v) is 2.65. The van der Waals surface area contributed by atoms with Crippen molar-refractivity contribution in [3.63, 3.8) is 0 Å². The Bertz CT molecular complexity index is 562. The van der Waals surface area contributed by atoms with Crippen molar-refractivity contribution in [3.05, 3.63) is 35.6 Å². The smallest absolute Gasteiger partial charge is 0.151 e. The fourth-order valence-electron chi connectivity index (χ4n) is 1.61. The molecule has 19 heavy (non-hydrogen) atoms. The van der Waals surface area contributed by atoms with Crippen LogP contribution in [0.4, 0.5) is 17.3 Å². The van der Waals surface area contributed by atoms with Crippen molar-refractivity contribution in [1.82, 2.24) is 9.97 Å². The van der Waals surface area contributed by atoms with Crippen LogP contribution in [0.2, 0.25) is 5.02 Å². The molecule has 0 unspecified atom stereocenters. The van der Waals surface area contributed by atoms with Gasteiger partial charge in [0.25, 0.3) is 0 Å². The molecule has 2 N–H and O–H groups in total. The molecular weight excluding hydrogens is 264 g/mol. The number of ether oxygens (including phenoxy) is 1. The fraction of sp³-hybridized carbons (Fsp3) is 0.231. The molecule has 0 radical (unpaired) electrons. The second-order valence-electron chi connectivity index (χ2n) is 3.79. The summed E-state index contributed by atoms with van der Waals surface area (Å²) >= 11 is 5.98. The molecule has 2 rings (SSSR count). The Labute approximate surface area is 117 Å². The number of hydrogen-bond donors (Lipinski definition) is 2. The highest BCUT2D eigenvalue weighted by molar-refractivity contribution is 6.31. The van der Waals surface area contributed by atoms with Crippen molar-refractivity contribution >= 4 is 28.9 Å². The van der Waals surface area contributed by atoms with E-state index in [1.165, 1.54) is 0 Å². The van der Waals surface area contributed by atoms with E-state index in [9.17, 15) is 0 Å². The molecule has 0 bridgehead atoms. The Hall–Kier alpha value is -2.01. The first-order valence-corrected chi connectivity index (χ1v) is 6.27. The van der Waals surface area contributed by atoms with Gasteiger partial charge in [-0.15, -0.1) is 0 Å². The van der Waals surface area contributed by atoms with Gasteiger partial charge in [0, 0.05) is 11.6 Å². The number of rotatable bonds is 5. The lowest BCUT2D eigenvalue weighted by Gasteiger charge is -2.11. The Morgan fingerprint density at radius 3 is 2.79 bits per heavy atom. The van der Waals surface area contributed by atoms with E-state index in [1.807, 2.05) is 6.92 Å². The standard InChI is InChI=1S/C13H15ClN4O/c1-3-16-12-7-15-8-13(18-12)17-10-6-9(14)4-5-11(10)19-2/h4-8H,3H2,1-2H3,(H2,16,17,18). The zero-order valence-corrected chi connectivity index (χ0v) is 11.5. The number of hydrogen-bond acceptors (Lipinski definition) is 5. The minimum Gasteiger partial charge on any atom is -0.495 e. The average Bonchev–Trinajstić information content (AvgIpc) is 2.40. The van der Waals surface area contributed by atoms with Crippen LogP contribution in [0.5, 0.6) is 5.75 Å². The normalized spacial score (nSPS) is 10.1. The van der Waals surface area contributed by atoms with Crippen molar-refractivity contribution < 1.29 is 4.74 Å². The molecular formula is C13H15ClN4O. The summed E-state index contributed by atoms with van der Waals surface area (Å²) in [6.45, 7) is 2.79. The summed E-state index contributed by atoms with van der Waals surface area (Å²) in [5.41, 5.74) is 0.748. The van der Waals surface area contributed by atoms with Crippen molar-refractivity contribution in [2.75, 3.05) is 24.3 Å². The molecule has 0 aliphatic rings. The molecule has 0 atom stereocenters. The Morgan fingerprint density at radius 2 is 2.05 bits per heavy atom. The number of benzene rings is 1. The Balaban J connectivity index is 2.25. The van der Waals surface area contributed by atoms with E-state index in [1.54, 1.807) is 37.7 Å². The predicted molar refractivity (Wildman–Crippen MR) is 77.5 cm³/mol. The predicted octanol–water partition coefficient (Wildman–Crippen LogP) is 3.31. The lowest BCUT2D eigenvalue weighted by Crippen LogP contribution is -2.03. The molecule has 1 aromatic carbocycles. The molecule has 0 aliphatic carbocycles. The number of nitrogens with one attached hydrogen (secondary N) is 2. The van der Waals surface area contributed by atoms with Gasteiger partial charge < -0.3 is 15.4 Å². The SMILES string of the molecule is CCNc1cncc(Nc2cc(Cl)ccc2OC)n1. The van der Waals surface area contributed by atoms with Crippen molar-refractivity contribution in [3.8, 4) is 5.75 Å². The minimum absolute atomic E-state index is 0.624. The molecule has 6 heteroatoms. The van der Waals surface area contributed by atoms with Crippen LogP contribution in [-0.4, -0.2) is 23.6 Å². The van der Waals surface area contributed by atoms with Crippen molar-refractivity contribution in [2.24, 2.45) is 0 Å². The lowest BCUT2D eigenvalue weighted by molar-refractivity contribution is 0.417. The first-order chi connectivity index (χ1) is 9.22. The van der Waals surface area contributed by atoms with E-state index >= 15 is 0 Å². The van der Waals surface area contributed by atoms with Crippen LogP contribution in [0.3, 0.4) is 0 Å². The number of halogens is 1. The average molecular weight is 279 g/mol. The topological polar surface area (TPSA) is 59.1 Å². The van der Waals surface area contributed by atoms with Crippen molar-refractivity contribution in [1.29, 1.82) is 0 Å². The summed E-state index contributed by atoms with van der Waals surface area (Å²) in [7, 11) is 1.61. The third-order valence-electron chi connectivity index (χ3n) is 2.42. The van der Waals surface area contributed by atoms with Crippen LogP contribution in [0.25, 0.3) is 0 Å². The molecule has 1 heterocycles. The molecule has 0 aliphatic heterocycles. The second-order valence-corrected chi connectivity index (χ2v) is 4.23. The van der Waals surface area contributed by atoms with E-state index in [0.717, 1.165) is 12.2 Å². The van der Waals surface area contributed by atoms with Crippen LogP contribution >= 0.6 is 11.6 Å². The van der Waals surface area contributed by atoms with Crippen LogP contribution in [0.15, 0.2) is 30.6 Å². The van der Waals surface area contributed by atoms with Gasteiger partial charge in [0.1, 0.15) is 11.6 Å². The third kappa shape index (κ3) is 3.48. The van der Waals surface area contributed by atoms with Gasteiger partial charge in [0.05, 0.1) is 25.2 Å². The molecule has 5 nitrogen and oxygen atoms in total. The monoisotopic (exact) mass is 278 g/mol. The van der Waals surface area contributed by atoms with Gasteiger partial charge in [-0.3, -0.25) is 4.98 Å². The molecule has 100 valence electrons. The zero-order chi connectivity index (χ0) is 13.7. The first-order valence-electron chi connectivity index (χ1n) is 5.89. The minimum atomic E-state index is 0.624. The van der Waals surface area contributed by atoms with Crippen LogP contribution in [0.1, 0.15) is 6.92 Å². The molecule has 2 aromatic rings. The maximum Gasteiger partial charge on any atom is 0.151 e. The largest absolute Gasteiger partial charge is 0.495 e. The fourth-order valence-corrected chi connectivity index (χ4v) is 1.78.